The zero-order valence-electron chi connectivity index (χ0n) is 25.5. The molecule has 8 aromatic rings. The van der Waals surface area contributed by atoms with Crippen LogP contribution in [0.2, 0.25) is 0 Å². The van der Waals surface area contributed by atoms with Crippen LogP contribution in [0.15, 0.2) is 174 Å². The van der Waals surface area contributed by atoms with E-state index in [2.05, 4.69) is 182 Å². The van der Waals surface area contributed by atoms with E-state index in [1.807, 2.05) is 0 Å². The molecular formula is C44H31NO. The Balaban J connectivity index is 1.21. The van der Waals surface area contributed by atoms with Crippen molar-refractivity contribution in [2.24, 2.45) is 0 Å². The van der Waals surface area contributed by atoms with Gasteiger partial charge in [0, 0.05) is 22.2 Å². The molecule has 218 valence electrons. The Morgan fingerprint density at radius 2 is 1.07 bits per heavy atom. The second kappa shape index (κ2) is 10.4. The molecule has 9 rings (SSSR count). The highest BCUT2D eigenvalue weighted by Gasteiger charge is 2.40. The second-order valence-electron chi connectivity index (χ2n) is 12.3. The van der Waals surface area contributed by atoms with Gasteiger partial charge in [0.05, 0.1) is 11.1 Å². The average Bonchev–Trinajstić information content (AvgIpc) is 3.63. The van der Waals surface area contributed by atoms with Gasteiger partial charge in [-0.2, -0.15) is 0 Å². The van der Waals surface area contributed by atoms with E-state index >= 15 is 0 Å². The summed E-state index contributed by atoms with van der Waals surface area (Å²) in [6.07, 6.45) is 0. The first kappa shape index (κ1) is 26.5. The van der Waals surface area contributed by atoms with Gasteiger partial charge < -0.3 is 9.32 Å². The zero-order valence-corrected chi connectivity index (χ0v) is 25.5. The van der Waals surface area contributed by atoms with Crippen molar-refractivity contribution in [2.75, 3.05) is 4.90 Å². The van der Waals surface area contributed by atoms with Crippen LogP contribution < -0.4 is 4.90 Å². The fourth-order valence-corrected chi connectivity index (χ4v) is 7.51. The van der Waals surface area contributed by atoms with Crippen LogP contribution in [0.3, 0.4) is 0 Å². The lowest BCUT2D eigenvalue weighted by Gasteiger charge is -2.28. The van der Waals surface area contributed by atoms with E-state index in [0.717, 1.165) is 39.0 Å². The molecule has 1 aliphatic rings. The molecule has 0 amide bonds. The van der Waals surface area contributed by atoms with Crippen molar-refractivity contribution in [3.8, 4) is 22.3 Å². The van der Waals surface area contributed by atoms with E-state index in [4.69, 9.17) is 4.42 Å². The fourth-order valence-electron chi connectivity index (χ4n) is 7.51. The largest absolute Gasteiger partial charge is 0.456 e. The molecule has 0 saturated heterocycles. The van der Waals surface area contributed by atoms with E-state index in [1.54, 1.807) is 0 Å². The van der Waals surface area contributed by atoms with Gasteiger partial charge >= 0.3 is 0 Å². The molecule has 0 bridgehead atoms. The Morgan fingerprint density at radius 1 is 0.478 bits per heavy atom. The minimum absolute atomic E-state index is 0.278. The molecule has 1 aromatic heterocycles. The predicted molar refractivity (Wildman–Crippen MR) is 191 cm³/mol. The van der Waals surface area contributed by atoms with E-state index in [1.165, 1.54) is 38.9 Å². The van der Waals surface area contributed by atoms with Gasteiger partial charge in [-0.3, -0.25) is 0 Å². The van der Waals surface area contributed by atoms with Crippen LogP contribution in [0, 0.1) is 0 Å². The van der Waals surface area contributed by atoms with Crippen molar-refractivity contribution in [1.82, 2.24) is 0 Å². The fraction of sp³-hybridized carbons (Fsp3) is 0.0455. The molecular weight excluding hydrogens is 558 g/mol. The minimum atomic E-state index is -0.278. The first-order valence-corrected chi connectivity index (χ1v) is 15.9. The SMILES string of the molecule is CC1(c2ccc3c(c2)oc2cccc(N(c4ccccc4)c4ccc(-c5ccccc5)cc4)c23)c2ccccc2-c2ccccc21. The number of fused-ring (bicyclic) bond motifs is 6. The van der Waals surface area contributed by atoms with E-state index in [9.17, 15) is 0 Å². The predicted octanol–water partition coefficient (Wildman–Crippen LogP) is 12.1. The molecule has 0 N–H and O–H groups in total. The topological polar surface area (TPSA) is 16.4 Å². The smallest absolute Gasteiger partial charge is 0.137 e. The van der Waals surface area contributed by atoms with Gasteiger partial charge in [0.2, 0.25) is 0 Å². The maximum atomic E-state index is 6.69. The van der Waals surface area contributed by atoms with Crippen molar-refractivity contribution in [3.63, 3.8) is 0 Å². The maximum Gasteiger partial charge on any atom is 0.137 e. The summed E-state index contributed by atoms with van der Waals surface area (Å²) in [6, 6.07) is 60.8. The zero-order chi connectivity index (χ0) is 30.7. The van der Waals surface area contributed by atoms with Crippen LogP contribution in [-0.2, 0) is 5.41 Å². The first-order chi connectivity index (χ1) is 22.7. The van der Waals surface area contributed by atoms with Crippen molar-refractivity contribution < 1.29 is 4.42 Å². The Hall–Kier alpha value is -5.86. The summed E-state index contributed by atoms with van der Waals surface area (Å²) in [7, 11) is 0. The van der Waals surface area contributed by atoms with E-state index < -0.39 is 0 Å². The highest BCUT2D eigenvalue weighted by molar-refractivity contribution is 6.13. The first-order valence-electron chi connectivity index (χ1n) is 15.9. The molecule has 1 heterocycles. The van der Waals surface area contributed by atoms with Gasteiger partial charge in [-0.05, 0) is 88.3 Å². The van der Waals surface area contributed by atoms with Gasteiger partial charge in [0.25, 0.3) is 0 Å². The van der Waals surface area contributed by atoms with Crippen LogP contribution in [-0.4, -0.2) is 0 Å². The highest BCUT2D eigenvalue weighted by Crippen LogP contribution is 2.53. The number of nitrogens with zero attached hydrogens (tertiary/aromatic N) is 1. The van der Waals surface area contributed by atoms with Gasteiger partial charge in [-0.15, -0.1) is 0 Å². The molecule has 0 spiro atoms. The Bertz CT molecular complexity index is 2320. The minimum Gasteiger partial charge on any atom is -0.456 e. The third-order valence-corrected chi connectivity index (χ3v) is 9.76. The van der Waals surface area contributed by atoms with E-state index in [0.29, 0.717) is 0 Å². The Morgan fingerprint density at radius 3 is 1.76 bits per heavy atom. The lowest BCUT2D eigenvalue weighted by molar-refractivity contribution is 0.662. The molecule has 0 saturated carbocycles. The number of rotatable bonds is 5. The molecule has 2 heteroatoms. The molecule has 1 aliphatic carbocycles. The number of hydrogen-bond acceptors (Lipinski definition) is 2. The van der Waals surface area contributed by atoms with E-state index in [-0.39, 0.29) is 5.41 Å². The Kier molecular flexibility index (Phi) is 5.97. The quantitative estimate of drug-likeness (QED) is 0.199. The van der Waals surface area contributed by atoms with Crippen molar-refractivity contribution >= 4 is 39.0 Å². The summed E-state index contributed by atoms with van der Waals surface area (Å²) in [4.78, 5) is 2.34. The van der Waals surface area contributed by atoms with Gasteiger partial charge in [-0.1, -0.05) is 127 Å². The third-order valence-electron chi connectivity index (χ3n) is 9.76. The molecule has 7 aromatic carbocycles. The molecule has 0 atom stereocenters. The standard InChI is InChI=1S/C44H31NO/c1-44(38-19-10-8-17-35(38)36-18-9-11-20-39(36)44)32-25-28-37-42(29-32)46-41-22-12-21-40(43(37)41)45(33-15-6-3-7-16-33)34-26-23-31(24-27-34)30-13-4-2-5-14-30/h2-29H,1H3. The maximum absolute atomic E-state index is 6.69. The lowest BCUT2D eigenvalue weighted by Crippen LogP contribution is -2.22. The normalized spacial score (nSPS) is 13.1. The number of hydrogen-bond donors (Lipinski definition) is 0. The summed E-state index contributed by atoms with van der Waals surface area (Å²) in [5.74, 6) is 0. The number of furan rings is 1. The molecule has 0 radical (unpaired) electrons. The van der Waals surface area contributed by atoms with Crippen LogP contribution in [0.4, 0.5) is 17.1 Å². The van der Waals surface area contributed by atoms with Gasteiger partial charge in [0.15, 0.2) is 0 Å². The van der Waals surface area contributed by atoms with Crippen LogP contribution in [0.5, 0.6) is 0 Å². The molecule has 0 unspecified atom stereocenters. The van der Waals surface area contributed by atoms with Crippen molar-refractivity contribution in [1.29, 1.82) is 0 Å². The summed E-state index contributed by atoms with van der Waals surface area (Å²) in [6.45, 7) is 2.35. The molecule has 46 heavy (non-hydrogen) atoms. The number of para-hydroxylation sites is 1. The van der Waals surface area contributed by atoms with Gasteiger partial charge in [0.1, 0.15) is 11.2 Å². The number of benzene rings is 7. The average molecular weight is 590 g/mol. The molecule has 0 fully saturated rings. The number of anilines is 3. The summed E-state index contributed by atoms with van der Waals surface area (Å²) in [5.41, 5.74) is 13.7. The van der Waals surface area contributed by atoms with Crippen LogP contribution in [0.1, 0.15) is 23.6 Å². The molecule has 2 nitrogen and oxygen atoms in total. The Labute approximate surface area is 268 Å². The van der Waals surface area contributed by atoms with Crippen molar-refractivity contribution in [3.05, 3.63) is 187 Å². The van der Waals surface area contributed by atoms with Crippen LogP contribution in [0.25, 0.3) is 44.2 Å². The summed E-state index contributed by atoms with van der Waals surface area (Å²) < 4.78 is 6.69. The lowest BCUT2D eigenvalue weighted by atomic mass is 9.74. The third kappa shape index (κ3) is 3.97. The second-order valence-corrected chi connectivity index (χ2v) is 12.3. The summed E-state index contributed by atoms with van der Waals surface area (Å²) in [5, 5.41) is 2.22. The van der Waals surface area contributed by atoms with Crippen molar-refractivity contribution in [2.45, 2.75) is 12.3 Å². The highest BCUT2D eigenvalue weighted by atomic mass is 16.3. The summed E-state index contributed by atoms with van der Waals surface area (Å²) >= 11 is 0. The van der Waals surface area contributed by atoms with Crippen LogP contribution >= 0.6 is 0 Å². The monoisotopic (exact) mass is 589 g/mol. The molecule has 0 aliphatic heterocycles. The van der Waals surface area contributed by atoms with Gasteiger partial charge in [-0.25, -0.2) is 0 Å².